The first-order valence-corrected chi connectivity index (χ1v) is 7.85. The van der Waals surface area contributed by atoms with Crippen LogP contribution in [-0.2, 0) is 6.42 Å². The first-order valence-electron chi connectivity index (χ1n) is 7.85. The average molecular weight is 282 g/mol. The third-order valence-electron chi connectivity index (χ3n) is 4.50. The summed E-state index contributed by atoms with van der Waals surface area (Å²) in [7, 11) is 0. The van der Waals surface area contributed by atoms with Crippen LogP contribution in [0.2, 0.25) is 0 Å². The lowest BCUT2D eigenvalue weighted by atomic mass is 9.94. The molecule has 0 bridgehead atoms. The molecule has 0 spiro atoms. The second-order valence-corrected chi connectivity index (χ2v) is 6.11. The average Bonchev–Trinajstić information content (AvgIpc) is 2.50. The Bertz CT molecular complexity index is 583. The third-order valence-corrected chi connectivity index (χ3v) is 4.50. The van der Waals surface area contributed by atoms with E-state index in [2.05, 4.69) is 70.2 Å². The van der Waals surface area contributed by atoms with Gasteiger partial charge < -0.3 is 5.11 Å². The van der Waals surface area contributed by atoms with Gasteiger partial charge in [0.25, 0.3) is 0 Å². The van der Waals surface area contributed by atoms with Gasteiger partial charge in [-0.15, -0.1) is 0 Å². The fraction of sp³-hybridized carbons (Fsp3) is 0.400. The highest BCUT2D eigenvalue weighted by molar-refractivity contribution is 5.32. The Labute approximate surface area is 128 Å². The Morgan fingerprint density at radius 1 is 0.905 bits per heavy atom. The predicted molar refractivity (Wildman–Crippen MR) is 89.7 cm³/mol. The van der Waals surface area contributed by atoms with Gasteiger partial charge in [-0.1, -0.05) is 56.3 Å². The molecule has 1 nitrogen and oxygen atoms in total. The van der Waals surface area contributed by atoms with E-state index in [-0.39, 0.29) is 0 Å². The molecule has 2 rings (SSSR count). The van der Waals surface area contributed by atoms with Gasteiger partial charge in [0, 0.05) is 6.42 Å². The van der Waals surface area contributed by atoms with Crippen LogP contribution in [0.1, 0.15) is 60.1 Å². The minimum atomic E-state index is -0.432. The van der Waals surface area contributed by atoms with Gasteiger partial charge >= 0.3 is 0 Å². The van der Waals surface area contributed by atoms with Crippen molar-refractivity contribution >= 4 is 0 Å². The normalized spacial score (nSPS) is 14.0. The van der Waals surface area contributed by atoms with E-state index in [1.165, 1.54) is 22.3 Å². The lowest BCUT2D eigenvalue weighted by molar-refractivity contribution is 0.178. The molecule has 21 heavy (non-hydrogen) atoms. The van der Waals surface area contributed by atoms with E-state index in [9.17, 15) is 5.11 Å². The molecule has 0 saturated heterocycles. The summed E-state index contributed by atoms with van der Waals surface area (Å²) in [6.07, 6.45) is 1.38. The molecule has 0 fully saturated rings. The molecule has 0 amide bonds. The second kappa shape index (κ2) is 6.91. The minimum Gasteiger partial charge on any atom is -0.388 e. The summed E-state index contributed by atoms with van der Waals surface area (Å²) in [5.41, 5.74) is 6.12. The Balaban J connectivity index is 2.09. The maximum absolute atomic E-state index is 10.4. The van der Waals surface area contributed by atoms with Crippen molar-refractivity contribution < 1.29 is 5.11 Å². The van der Waals surface area contributed by atoms with Crippen molar-refractivity contribution in [1.82, 2.24) is 0 Å². The van der Waals surface area contributed by atoms with E-state index in [1.807, 2.05) is 0 Å². The Kier molecular flexibility index (Phi) is 5.19. The molecular weight excluding hydrogens is 256 g/mol. The van der Waals surface area contributed by atoms with Crippen LogP contribution in [0.5, 0.6) is 0 Å². The predicted octanol–water partition coefficient (Wildman–Crippen LogP) is 5.09. The zero-order valence-corrected chi connectivity index (χ0v) is 13.6. The number of rotatable bonds is 5. The lowest BCUT2D eigenvalue weighted by Gasteiger charge is -2.14. The monoisotopic (exact) mass is 282 g/mol. The summed E-state index contributed by atoms with van der Waals surface area (Å²) in [4.78, 5) is 0. The van der Waals surface area contributed by atoms with Crippen molar-refractivity contribution in [1.29, 1.82) is 0 Å². The standard InChI is InChI=1S/C20H26O/c1-5-14(2)18-8-10-19(11-9-18)20(21)13-17-7-6-15(3)16(4)12-17/h6-12,14,20-21H,5,13H2,1-4H3. The Morgan fingerprint density at radius 3 is 2.10 bits per heavy atom. The highest BCUT2D eigenvalue weighted by Crippen LogP contribution is 2.23. The molecule has 2 aromatic carbocycles. The van der Waals surface area contributed by atoms with Crippen LogP contribution < -0.4 is 0 Å². The van der Waals surface area contributed by atoms with E-state index in [0.717, 1.165) is 12.0 Å². The van der Waals surface area contributed by atoms with Gasteiger partial charge in [-0.2, -0.15) is 0 Å². The summed E-state index contributed by atoms with van der Waals surface area (Å²) < 4.78 is 0. The second-order valence-electron chi connectivity index (χ2n) is 6.11. The van der Waals surface area contributed by atoms with Crippen molar-refractivity contribution in [3.63, 3.8) is 0 Å². The van der Waals surface area contributed by atoms with Crippen LogP contribution in [0.25, 0.3) is 0 Å². The van der Waals surface area contributed by atoms with Gasteiger partial charge in [0.05, 0.1) is 6.10 Å². The molecule has 0 heterocycles. The zero-order valence-electron chi connectivity index (χ0n) is 13.6. The van der Waals surface area contributed by atoms with E-state index >= 15 is 0 Å². The highest BCUT2D eigenvalue weighted by atomic mass is 16.3. The molecule has 0 aliphatic heterocycles. The number of benzene rings is 2. The van der Waals surface area contributed by atoms with Crippen molar-refractivity contribution in [2.75, 3.05) is 0 Å². The summed E-state index contributed by atoms with van der Waals surface area (Å²) in [6, 6.07) is 14.8. The molecule has 1 heteroatoms. The van der Waals surface area contributed by atoms with E-state index in [1.54, 1.807) is 0 Å². The molecular formula is C20H26O. The summed E-state index contributed by atoms with van der Waals surface area (Å²) >= 11 is 0. The van der Waals surface area contributed by atoms with Crippen molar-refractivity contribution in [2.24, 2.45) is 0 Å². The minimum absolute atomic E-state index is 0.432. The maximum atomic E-state index is 10.4. The topological polar surface area (TPSA) is 20.2 Å². The molecule has 0 aliphatic rings. The molecule has 2 atom stereocenters. The first kappa shape index (κ1) is 15.8. The lowest BCUT2D eigenvalue weighted by Crippen LogP contribution is -2.03. The molecule has 0 saturated carbocycles. The van der Waals surface area contributed by atoms with Crippen LogP contribution in [0.4, 0.5) is 0 Å². The van der Waals surface area contributed by atoms with Crippen LogP contribution >= 0.6 is 0 Å². The van der Waals surface area contributed by atoms with Gasteiger partial charge in [0.1, 0.15) is 0 Å². The maximum Gasteiger partial charge on any atom is 0.0830 e. The Morgan fingerprint density at radius 2 is 1.52 bits per heavy atom. The summed E-state index contributed by atoms with van der Waals surface area (Å²) in [6.45, 7) is 8.67. The number of aliphatic hydroxyl groups excluding tert-OH is 1. The molecule has 112 valence electrons. The van der Waals surface area contributed by atoms with Crippen molar-refractivity contribution in [2.45, 2.75) is 52.6 Å². The van der Waals surface area contributed by atoms with Crippen LogP contribution in [-0.4, -0.2) is 5.11 Å². The number of aliphatic hydroxyl groups is 1. The molecule has 0 aromatic heterocycles. The van der Waals surface area contributed by atoms with Gasteiger partial charge in [-0.25, -0.2) is 0 Å². The Hall–Kier alpha value is -1.60. The fourth-order valence-corrected chi connectivity index (χ4v) is 2.55. The van der Waals surface area contributed by atoms with Crippen molar-refractivity contribution in [3.05, 3.63) is 70.3 Å². The van der Waals surface area contributed by atoms with Gasteiger partial charge in [-0.05, 0) is 54.0 Å². The molecule has 2 aromatic rings. The largest absolute Gasteiger partial charge is 0.388 e. The number of aryl methyl sites for hydroxylation is 2. The number of hydrogen-bond acceptors (Lipinski definition) is 1. The zero-order chi connectivity index (χ0) is 15.4. The first-order chi connectivity index (χ1) is 10.0. The van der Waals surface area contributed by atoms with Gasteiger partial charge in [-0.3, -0.25) is 0 Å². The van der Waals surface area contributed by atoms with Crippen LogP contribution in [0.15, 0.2) is 42.5 Å². The van der Waals surface area contributed by atoms with E-state index < -0.39 is 6.10 Å². The SMILES string of the molecule is CCC(C)c1ccc(C(O)Cc2ccc(C)c(C)c2)cc1. The summed E-state index contributed by atoms with van der Waals surface area (Å²) in [5, 5.41) is 10.4. The van der Waals surface area contributed by atoms with E-state index in [0.29, 0.717) is 12.3 Å². The number of hydrogen-bond donors (Lipinski definition) is 1. The third kappa shape index (κ3) is 3.95. The highest BCUT2D eigenvalue weighted by Gasteiger charge is 2.10. The molecule has 0 radical (unpaired) electrons. The van der Waals surface area contributed by atoms with Gasteiger partial charge in [0.15, 0.2) is 0 Å². The van der Waals surface area contributed by atoms with Gasteiger partial charge in [0.2, 0.25) is 0 Å². The van der Waals surface area contributed by atoms with Crippen LogP contribution in [0.3, 0.4) is 0 Å². The molecule has 2 unspecified atom stereocenters. The van der Waals surface area contributed by atoms with Crippen LogP contribution in [0, 0.1) is 13.8 Å². The summed E-state index contributed by atoms with van der Waals surface area (Å²) in [5.74, 6) is 0.580. The fourth-order valence-electron chi connectivity index (χ4n) is 2.55. The molecule has 0 aliphatic carbocycles. The van der Waals surface area contributed by atoms with E-state index in [4.69, 9.17) is 0 Å². The quantitative estimate of drug-likeness (QED) is 0.809. The molecule has 1 N–H and O–H groups in total. The smallest absolute Gasteiger partial charge is 0.0830 e. The van der Waals surface area contributed by atoms with Crippen molar-refractivity contribution in [3.8, 4) is 0 Å².